The van der Waals surface area contributed by atoms with E-state index in [0.717, 1.165) is 5.56 Å². The Hall–Kier alpha value is -3.60. The quantitative estimate of drug-likeness (QED) is 0.614. The number of alkyl halides is 2. The highest BCUT2D eigenvalue weighted by atomic mass is 19.3. The van der Waals surface area contributed by atoms with Crippen LogP contribution in [0.1, 0.15) is 23.9 Å². The molecule has 0 spiro atoms. The predicted molar refractivity (Wildman–Crippen MR) is 97.0 cm³/mol. The van der Waals surface area contributed by atoms with Gasteiger partial charge in [0, 0.05) is 18.2 Å². The van der Waals surface area contributed by atoms with E-state index >= 15 is 0 Å². The molecule has 1 aromatic carbocycles. The first-order chi connectivity index (χ1) is 13.6. The smallest absolute Gasteiger partial charge is 0.387 e. The molecule has 0 aliphatic rings. The Labute approximate surface area is 160 Å². The topological polar surface area (TPSA) is 80.9 Å². The molecule has 28 heavy (non-hydrogen) atoms. The molecule has 0 unspecified atom stereocenters. The minimum absolute atomic E-state index is 0.0263. The molecule has 0 radical (unpaired) electrons. The van der Waals surface area contributed by atoms with Crippen LogP contribution in [0.25, 0.3) is 11.3 Å². The van der Waals surface area contributed by atoms with E-state index in [0.29, 0.717) is 41.6 Å². The third-order valence-electron chi connectivity index (χ3n) is 3.73. The predicted octanol–water partition coefficient (Wildman–Crippen LogP) is 4.00. The monoisotopic (exact) mass is 382 g/mol. The fraction of sp³-hybridized carbons (Fsp3) is 0.200. The first-order valence-corrected chi connectivity index (χ1v) is 8.48. The van der Waals surface area contributed by atoms with Gasteiger partial charge in [-0.25, -0.2) is 15.0 Å². The van der Waals surface area contributed by atoms with Crippen LogP contribution in [0.15, 0.2) is 48.8 Å². The molecule has 0 saturated carbocycles. The van der Waals surface area contributed by atoms with Crippen molar-refractivity contribution in [1.29, 1.82) is 5.26 Å². The molecule has 0 amide bonds. The SMILES string of the molecule is CCOc1ncc(Cc2ccc(C#N)nc2)nc1-c1cccc(OC(F)F)c1. The van der Waals surface area contributed by atoms with Gasteiger partial charge >= 0.3 is 6.61 Å². The van der Waals surface area contributed by atoms with Crippen molar-refractivity contribution < 1.29 is 18.3 Å². The van der Waals surface area contributed by atoms with Crippen LogP contribution in [-0.2, 0) is 6.42 Å². The number of pyridine rings is 1. The zero-order valence-electron chi connectivity index (χ0n) is 15.0. The highest BCUT2D eigenvalue weighted by Gasteiger charge is 2.14. The van der Waals surface area contributed by atoms with Crippen molar-refractivity contribution in [2.45, 2.75) is 20.0 Å². The van der Waals surface area contributed by atoms with Gasteiger partial charge in [0.15, 0.2) is 0 Å². The molecule has 3 rings (SSSR count). The van der Waals surface area contributed by atoms with E-state index in [4.69, 9.17) is 10.00 Å². The Bertz CT molecular complexity index is 988. The Kier molecular flexibility index (Phi) is 6.07. The van der Waals surface area contributed by atoms with Crippen molar-refractivity contribution in [2.75, 3.05) is 6.61 Å². The number of ether oxygens (including phenoxy) is 2. The third kappa shape index (κ3) is 4.76. The van der Waals surface area contributed by atoms with Gasteiger partial charge in [-0.15, -0.1) is 0 Å². The van der Waals surface area contributed by atoms with E-state index in [1.165, 1.54) is 12.1 Å². The highest BCUT2D eigenvalue weighted by molar-refractivity contribution is 5.66. The second kappa shape index (κ2) is 8.86. The molecule has 0 aliphatic heterocycles. The molecule has 8 heteroatoms. The van der Waals surface area contributed by atoms with E-state index in [1.54, 1.807) is 36.7 Å². The van der Waals surface area contributed by atoms with Crippen molar-refractivity contribution in [3.8, 4) is 29.0 Å². The van der Waals surface area contributed by atoms with Crippen molar-refractivity contribution in [1.82, 2.24) is 15.0 Å². The molecule has 3 aromatic rings. The summed E-state index contributed by atoms with van der Waals surface area (Å²) in [5.41, 5.74) is 2.82. The molecule has 0 aliphatic carbocycles. The lowest BCUT2D eigenvalue weighted by molar-refractivity contribution is -0.0498. The number of nitriles is 1. The van der Waals surface area contributed by atoms with Crippen molar-refractivity contribution in [3.05, 3.63) is 65.7 Å². The summed E-state index contributed by atoms with van der Waals surface area (Å²) in [6.07, 6.45) is 3.64. The lowest BCUT2D eigenvalue weighted by Gasteiger charge is -2.12. The maximum atomic E-state index is 12.5. The molecule has 0 bridgehead atoms. The zero-order valence-corrected chi connectivity index (χ0v) is 15.0. The summed E-state index contributed by atoms with van der Waals surface area (Å²) < 4.78 is 35.0. The van der Waals surface area contributed by atoms with Gasteiger partial charge in [0.25, 0.3) is 0 Å². The van der Waals surface area contributed by atoms with Crippen LogP contribution in [0.5, 0.6) is 11.6 Å². The standard InChI is InChI=1S/C20H16F2N4O2/c1-2-27-19-18(14-4-3-5-17(9-14)28-20(21)22)26-16(12-25-19)8-13-6-7-15(10-23)24-11-13/h3-7,9,11-12,20H,2,8H2,1H3. The van der Waals surface area contributed by atoms with Gasteiger partial charge in [-0.1, -0.05) is 18.2 Å². The number of halogens is 2. The molecule has 142 valence electrons. The third-order valence-corrected chi connectivity index (χ3v) is 3.73. The lowest BCUT2D eigenvalue weighted by atomic mass is 10.1. The maximum Gasteiger partial charge on any atom is 0.387 e. The summed E-state index contributed by atoms with van der Waals surface area (Å²) in [6, 6.07) is 11.6. The fourth-order valence-electron chi connectivity index (χ4n) is 2.55. The highest BCUT2D eigenvalue weighted by Crippen LogP contribution is 2.30. The number of nitrogens with zero attached hydrogens (tertiary/aromatic N) is 4. The van der Waals surface area contributed by atoms with Gasteiger partial charge in [0.2, 0.25) is 5.88 Å². The van der Waals surface area contributed by atoms with Gasteiger partial charge in [0.05, 0.1) is 18.5 Å². The number of hydrogen-bond donors (Lipinski definition) is 0. The number of benzene rings is 1. The molecule has 0 N–H and O–H groups in total. The van der Waals surface area contributed by atoms with E-state index in [1.807, 2.05) is 13.0 Å². The maximum absolute atomic E-state index is 12.5. The Morgan fingerprint density at radius 1 is 1.14 bits per heavy atom. The van der Waals surface area contributed by atoms with Crippen LogP contribution < -0.4 is 9.47 Å². The number of hydrogen-bond acceptors (Lipinski definition) is 6. The van der Waals surface area contributed by atoms with Gasteiger partial charge in [0.1, 0.15) is 23.2 Å². The summed E-state index contributed by atoms with van der Waals surface area (Å²) in [4.78, 5) is 13.0. The van der Waals surface area contributed by atoms with E-state index in [-0.39, 0.29) is 5.75 Å². The zero-order chi connectivity index (χ0) is 19.9. The molecule has 6 nitrogen and oxygen atoms in total. The first kappa shape index (κ1) is 19.2. The largest absolute Gasteiger partial charge is 0.476 e. The second-order valence-electron chi connectivity index (χ2n) is 5.69. The first-order valence-electron chi connectivity index (χ1n) is 8.48. The Morgan fingerprint density at radius 3 is 2.68 bits per heavy atom. The lowest BCUT2D eigenvalue weighted by Crippen LogP contribution is -2.04. The van der Waals surface area contributed by atoms with Gasteiger partial charge in [-0.05, 0) is 30.7 Å². The van der Waals surface area contributed by atoms with Crippen LogP contribution in [0.4, 0.5) is 8.78 Å². The minimum Gasteiger partial charge on any atom is -0.476 e. The molecule has 0 saturated heterocycles. The van der Waals surface area contributed by atoms with Gasteiger partial charge in [-0.3, -0.25) is 0 Å². The second-order valence-corrected chi connectivity index (χ2v) is 5.69. The molecule has 2 aromatic heterocycles. The summed E-state index contributed by atoms with van der Waals surface area (Å²) in [6.45, 7) is -0.714. The van der Waals surface area contributed by atoms with Gasteiger partial charge in [-0.2, -0.15) is 14.0 Å². The van der Waals surface area contributed by atoms with Crippen LogP contribution in [0.3, 0.4) is 0 Å². The summed E-state index contributed by atoms with van der Waals surface area (Å²) >= 11 is 0. The summed E-state index contributed by atoms with van der Waals surface area (Å²) in [7, 11) is 0. The van der Waals surface area contributed by atoms with Crippen LogP contribution in [0.2, 0.25) is 0 Å². The Balaban J connectivity index is 1.94. The van der Waals surface area contributed by atoms with Crippen LogP contribution >= 0.6 is 0 Å². The number of rotatable bonds is 7. The fourth-order valence-corrected chi connectivity index (χ4v) is 2.55. The summed E-state index contributed by atoms with van der Waals surface area (Å²) in [5, 5.41) is 8.83. The normalized spacial score (nSPS) is 10.5. The van der Waals surface area contributed by atoms with Crippen molar-refractivity contribution >= 4 is 0 Å². The van der Waals surface area contributed by atoms with Gasteiger partial charge < -0.3 is 9.47 Å². The van der Waals surface area contributed by atoms with Crippen molar-refractivity contribution in [2.24, 2.45) is 0 Å². The summed E-state index contributed by atoms with van der Waals surface area (Å²) in [5.74, 6) is 0.330. The average Bonchev–Trinajstić information content (AvgIpc) is 2.69. The Morgan fingerprint density at radius 2 is 2.00 bits per heavy atom. The molecular weight excluding hydrogens is 366 g/mol. The molecule has 0 fully saturated rings. The average molecular weight is 382 g/mol. The number of aromatic nitrogens is 3. The van der Waals surface area contributed by atoms with E-state index in [9.17, 15) is 8.78 Å². The van der Waals surface area contributed by atoms with E-state index < -0.39 is 6.61 Å². The minimum atomic E-state index is -2.91. The van der Waals surface area contributed by atoms with Crippen LogP contribution in [-0.4, -0.2) is 28.2 Å². The van der Waals surface area contributed by atoms with Crippen LogP contribution in [0, 0.1) is 11.3 Å². The van der Waals surface area contributed by atoms with Crippen molar-refractivity contribution in [3.63, 3.8) is 0 Å². The molecule has 2 heterocycles. The molecule has 0 atom stereocenters. The molecular formula is C20H16F2N4O2. The van der Waals surface area contributed by atoms with E-state index in [2.05, 4.69) is 19.7 Å².